The molecule has 0 aliphatic carbocycles. The molecule has 2 rings (SSSR count). The minimum atomic E-state index is -0.110. The Morgan fingerprint density at radius 3 is 3.14 bits per heavy atom. The Kier molecular flexibility index (Phi) is 6.52. The van der Waals surface area contributed by atoms with E-state index < -0.39 is 0 Å². The second kappa shape index (κ2) is 8.39. The van der Waals surface area contributed by atoms with Crippen molar-refractivity contribution in [2.45, 2.75) is 12.5 Å². The molecule has 0 spiro atoms. The van der Waals surface area contributed by atoms with Crippen LogP contribution in [0.3, 0.4) is 0 Å². The highest BCUT2D eigenvalue weighted by molar-refractivity contribution is 7.99. The van der Waals surface area contributed by atoms with E-state index >= 15 is 0 Å². The van der Waals surface area contributed by atoms with Gasteiger partial charge in [0.1, 0.15) is 6.07 Å². The zero-order chi connectivity index (χ0) is 15.9. The van der Waals surface area contributed by atoms with Crippen LogP contribution < -0.4 is 5.32 Å². The third-order valence-electron chi connectivity index (χ3n) is 3.56. The van der Waals surface area contributed by atoms with Gasteiger partial charge in [-0.15, -0.1) is 0 Å². The quantitative estimate of drug-likeness (QED) is 0.857. The van der Waals surface area contributed by atoms with Crippen LogP contribution in [0.4, 0.5) is 5.69 Å². The fraction of sp³-hybridized carbons (Fsp3) is 0.467. The van der Waals surface area contributed by atoms with Gasteiger partial charge in [-0.2, -0.15) is 17.0 Å². The molecule has 1 unspecified atom stereocenters. The molecule has 1 aliphatic heterocycles. The molecule has 1 fully saturated rings. The second-order valence-corrected chi connectivity index (χ2v) is 6.61. The van der Waals surface area contributed by atoms with Crippen LogP contribution in [0.25, 0.3) is 0 Å². The van der Waals surface area contributed by atoms with Crippen LogP contribution in [-0.4, -0.2) is 53.2 Å². The maximum absolute atomic E-state index is 12.0. The molecule has 0 aromatic heterocycles. The van der Waals surface area contributed by atoms with E-state index in [2.05, 4.69) is 10.2 Å². The van der Waals surface area contributed by atoms with Crippen LogP contribution in [0, 0.1) is 11.3 Å². The number of rotatable bonds is 5. The lowest BCUT2D eigenvalue weighted by molar-refractivity contribution is -0.116. The Bertz CT molecular complexity index is 576. The molecule has 1 atom stereocenters. The summed E-state index contributed by atoms with van der Waals surface area (Å²) in [7, 11) is 0. The normalized spacial score (nSPS) is 18.7. The van der Waals surface area contributed by atoms with Crippen molar-refractivity contribution in [1.82, 2.24) is 4.90 Å². The van der Waals surface area contributed by atoms with Crippen molar-refractivity contribution in [3.63, 3.8) is 0 Å². The summed E-state index contributed by atoms with van der Waals surface area (Å²) in [6, 6.07) is 6.95. The summed E-state index contributed by atoms with van der Waals surface area (Å²) in [4.78, 5) is 14.2. The minimum absolute atomic E-state index is 0.110. The van der Waals surface area contributed by atoms with E-state index in [4.69, 9.17) is 16.9 Å². The molecule has 5 nitrogen and oxygen atoms in total. The van der Waals surface area contributed by atoms with E-state index in [1.54, 1.807) is 18.2 Å². The summed E-state index contributed by atoms with van der Waals surface area (Å²) in [5, 5.41) is 21.4. The average Bonchev–Trinajstić information content (AvgIpc) is 2.55. The van der Waals surface area contributed by atoms with E-state index in [9.17, 15) is 9.90 Å². The maximum atomic E-state index is 12.0. The van der Waals surface area contributed by atoms with E-state index in [0.29, 0.717) is 29.2 Å². The number of nitriles is 1. The second-order valence-electron chi connectivity index (χ2n) is 5.05. The molecule has 1 aromatic rings. The number of aliphatic hydroxyl groups is 1. The van der Waals surface area contributed by atoms with Crippen LogP contribution in [-0.2, 0) is 4.79 Å². The van der Waals surface area contributed by atoms with Crippen LogP contribution >= 0.6 is 23.4 Å². The first-order valence-electron chi connectivity index (χ1n) is 7.06. The van der Waals surface area contributed by atoms with Gasteiger partial charge in [0.25, 0.3) is 0 Å². The first-order chi connectivity index (χ1) is 10.6. The number of hydrogen-bond donors (Lipinski definition) is 2. The monoisotopic (exact) mass is 339 g/mol. The number of aliphatic hydroxyl groups excluding tert-OH is 1. The number of amides is 1. The Morgan fingerprint density at radius 2 is 2.41 bits per heavy atom. The number of halogens is 1. The number of nitrogens with one attached hydrogen (secondary N) is 1. The van der Waals surface area contributed by atoms with Crippen LogP contribution in [0.5, 0.6) is 0 Å². The molecule has 0 saturated carbocycles. The first kappa shape index (κ1) is 17.1. The van der Waals surface area contributed by atoms with Gasteiger partial charge in [0, 0.05) is 42.7 Å². The summed E-state index contributed by atoms with van der Waals surface area (Å²) in [6.45, 7) is 1.64. The largest absolute Gasteiger partial charge is 0.395 e. The van der Waals surface area contributed by atoms with Crippen LogP contribution in [0.1, 0.15) is 12.0 Å². The van der Waals surface area contributed by atoms with Gasteiger partial charge in [0.05, 0.1) is 17.2 Å². The summed E-state index contributed by atoms with van der Waals surface area (Å²) in [5.74, 6) is 1.82. The van der Waals surface area contributed by atoms with Gasteiger partial charge in [-0.25, -0.2) is 0 Å². The topological polar surface area (TPSA) is 76.4 Å². The number of anilines is 1. The SMILES string of the molecule is N#Cc1cc(NC(=O)CCN2CCSCC2CO)ccc1Cl. The summed E-state index contributed by atoms with van der Waals surface area (Å²) in [5.41, 5.74) is 0.909. The summed E-state index contributed by atoms with van der Waals surface area (Å²) < 4.78 is 0. The number of thioether (sulfide) groups is 1. The van der Waals surface area contributed by atoms with Crippen molar-refractivity contribution >= 4 is 35.0 Å². The highest BCUT2D eigenvalue weighted by atomic mass is 35.5. The Hall–Kier alpha value is -1.26. The smallest absolute Gasteiger partial charge is 0.225 e. The molecule has 118 valence electrons. The molecule has 1 saturated heterocycles. The highest BCUT2D eigenvalue weighted by Crippen LogP contribution is 2.20. The molecular formula is C15H18ClN3O2S. The number of carbonyl (C=O) groups is 1. The molecule has 22 heavy (non-hydrogen) atoms. The van der Waals surface area contributed by atoms with Crippen molar-refractivity contribution < 1.29 is 9.90 Å². The van der Waals surface area contributed by atoms with Gasteiger partial charge in [0.2, 0.25) is 5.91 Å². The lowest BCUT2D eigenvalue weighted by atomic mass is 10.2. The predicted molar refractivity (Wildman–Crippen MR) is 89.2 cm³/mol. The molecule has 1 amide bonds. The third kappa shape index (κ3) is 4.62. The predicted octanol–water partition coefficient (Wildman–Crippen LogP) is 1.95. The van der Waals surface area contributed by atoms with E-state index in [1.165, 1.54) is 0 Å². The number of hydrogen-bond acceptors (Lipinski definition) is 5. The summed E-state index contributed by atoms with van der Waals surface area (Å²) >= 11 is 7.69. The molecule has 0 radical (unpaired) electrons. The molecule has 7 heteroatoms. The fourth-order valence-electron chi connectivity index (χ4n) is 2.31. The number of benzene rings is 1. The minimum Gasteiger partial charge on any atom is -0.395 e. The van der Waals surface area contributed by atoms with E-state index in [-0.39, 0.29) is 18.6 Å². The fourth-order valence-corrected chi connectivity index (χ4v) is 3.59. The van der Waals surface area contributed by atoms with Gasteiger partial charge < -0.3 is 10.4 Å². The van der Waals surface area contributed by atoms with Crippen molar-refractivity contribution in [3.05, 3.63) is 28.8 Å². The summed E-state index contributed by atoms with van der Waals surface area (Å²) in [6.07, 6.45) is 0.353. The molecule has 1 aliphatic rings. The zero-order valence-corrected chi connectivity index (χ0v) is 13.7. The van der Waals surface area contributed by atoms with Crippen molar-refractivity contribution in [2.24, 2.45) is 0 Å². The molecule has 1 aromatic carbocycles. The Labute approximate surface area is 139 Å². The molecule has 1 heterocycles. The van der Waals surface area contributed by atoms with Crippen molar-refractivity contribution in [1.29, 1.82) is 5.26 Å². The van der Waals surface area contributed by atoms with Crippen molar-refractivity contribution in [2.75, 3.05) is 36.5 Å². The molecule has 2 N–H and O–H groups in total. The molecule has 0 bridgehead atoms. The maximum Gasteiger partial charge on any atom is 0.225 e. The lowest BCUT2D eigenvalue weighted by Crippen LogP contribution is -2.45. The van der Waals surface area contributed by atoms with Gasteiger partial charge in [-0.1, -0.05) is 11.6 Å². The van der Waals surface area contributed by atoms with Gasteiger partial charge in [-0.05, 0) is 18.2 Å². The Morgan fingerprint density at radius 1 is 1.59 bits per heavy atom. The van der Waals surface area contributed by atoms with Gasteiger partial charge in [0.15, 0.2) is 0 Å². The van der Waals surface area contributed by atoms with Gasteiger partial charge in [-0.3, -0.25) is 9.69 Å². The van der Waals surface area contributed by atoms with Gasteiger partial charge >= 0.3 is 0 Å². The van der Waals surface area contributed by atoms with Crippen LogP contribution in [0.2, 0.25) is 5.02 Å². The van der Waals surface area contributed by atoms with E-state index in [0.717, 1.165) is 18.1 Å². The first-order valence-corrected chi connectivity index (χ1v) is 8.59. The zero-order valence-electron chi connectivity index (χ0n) is 12.1. The highest BCUT2D eigenvalue weighted by Gasteiger charge is 2.22. The number of nitrogens with zero attached hydrogens (tertiary/aromatic N) is 2. The lowest BCUT2D eigenvalue weighted by Gasteiger charge is -2.33. The van der Waals surface area contributed by atoms with Crippen molar-refractivity contribution in [3.8, 4) is 6.07 Å². The standard InChI is InChI=1S/C15H18ClN3O2S/c16-14-2-1-12(7-11(14)8-17)18-15(21)3-4-19-5-6-22-10-13(19)9-20/h1-2,7,13,20H,3-6,9-10H2,(H,18,21). The molecular weight excluding hydrogens is 322 g/mol. The third-order valence-corrected chi connectivity index (χ3v) is 4.98. The van der Waals surface area contributed by atoms with Crippen LogP contribution in [0.15, 0.2) is 18.2 Å². The number of carbonyl (C=O) groups excluding carboxylic acids is 1. The van der Waals surface area contributed by atoms with E-state index in [1.807, 2.05) is 17.8 Å². The average molecular weight is 340 g/mol. The Balaban J connectivity index is 1.86.